The molecular formula is C21H19FN2O3. The van der Waals surface area contributed by atoms with Crippen LogP contribution in [-0.4, -0.2) is 16.0 Å². The van der Waals surface area contributed by atoms with E-state index in [2.05, 4.69) is 10.3 Å². The third-order valence-electron chi connectivity index (χ3n) is 4.12. The zero-order valence-electron chi connectivity index (χ0n) is 14.9. The lowest BCUT2D eigenvalue weighted by Gasteiger charge is -2.23. The number of ether oxygens (including phenoxy) is 1. The predicted octanol–water partition coefficient (Wildman–Crippen LogP) is 4.17. The topological polar surface area (TPSA) is 71.5 Å². The summed E-state index contributed by atoms with van der Waals surface area (Å²) in [6.45, 7) is 3.16. The Morgan fingerprint density at radius 1 is 1.19 bits per heavy atom. The molecule has 3 aromatic rings. The second-order valence-electron chi connectivity index (χ2n) is 6.31. The van der Waals surface area contributed by atoms with Gasteiger partial charge in [0.05, 0.1) is 6.20 Å². The maximum atomic E-state index is 13.4. The molecule has 2 N–H and O–H groups in total. The molecule has 0 spiro atoms. The molecular weight excluding hydrogens is 347 g/mol. The molecule has 1 unspecified atom stereocenters. The highest BCUT2D eigenvalue weighted by molar-refractivity contribution is 5.97. The van der Waals surface area contributed by atoms with Gasteiger partial charge in [0.2, 0.25) is 0 Å². The second kappa shape index (κ2) is 7.55. The van der Waals surface area contributed by atoms with Crippen molar-refractivity contribution in [3.8, 4) is 11.5 Å². The Hall–Kier alpha value is -3.25. The molecule has 1 heterocycles. The normalized spacial score (nSPS) is 12.9. The van der Waals surface area contributed by atoms with E-state index in [1.54, 1.807) is 42.7 Å². The molecule has 0 fully saturated rings. The fraction of sp³-hybridized carbons (Fsp3) is 0.143. The summed E-state index contributed by atoms with van der Waals surface area (Å²) < 4.78 is 19.2. The van der Waals surface area contributed by atoms with Crippen molar-refractivity contribution in [3.63, 3.8) is 0 Å². The number of rotatable bonds is 5. The lowest BCUT2D eigenvalue weighted by Crippen LogP contribution is -2.37. The second-order valence-corrected chi connectivity index (χ2v) is 6.31. The standard InChI is InChI=1S/C21H19FN2O3/c1-14-11-17(8-9-19(14)27-18-7-4-10-23-13-18)24-20(25)21(2,26)15-5-3-6-16(22)12-15/h3-13,26H,1-2H3,(H,24,25). The Morgan fingerprint density at radius 2 is 2.00 bits per heavy atom. The van der Waals surface area contributed by atoms with Crippen LogP contribution < -0.4 is 10.1 Å². The van der Waals surface area contributed by atoms with Gasteiger partial charge in [0.15, 0.2) is 5.60 Å². The molecule has 0 saturated heterocycles. The van der Waals surface area contributed by atoms with Crippen molar-refractivity contribution in [1.29, 1.82) is 0 Å². The average molecular weight is 366 g/mol. The fourth-order valence-electron chi connectivity index (χ4n) is 2.55. The van der Waals surface area contributed by atoms with Gasteiger partial charge in [-0.25, -0.2) is 4.39 Å². The number of aromatic nitrogens is 1. The van der Waals surface area contributed by atoms with Crippen LogP contribution in [-0.2, 0) is 10.4 Å². The monoisotopic (exact) mass is 366 g/mol. The number of pyridine rings is 1. The Balaban J connectivity index is 1.75. The van der Waals surface area contributed by atoms with Crippen molar-refractivity contribution >= 4 is 11.6 Å². The van der Waals surface area contributed by atoms with E-state index in [0.717, 1.165) is 11.6 Å². The maximum Gasteiger partial charge on any atom is 0.260 e. The lowest BCUT2D eigenvalue weighted by atomic mass is 9.95. The SMILES string of the molecule is Cc1cc(NC(=O)C(C)(O)c2cccc(F)c2)ccc1Oc1cccnc1. The van der Waals surface area contributed by atoms with Crippen LogP contribution in [0.25, 0.3) is 0 Å². The minimum Gasteiger partial charge on any atom is -0.455 e. The Labute approximate surface area is 156 Å². The first-order valence-electron chi connectivity index (χ1n) is 8.34. The van der Waals surface area contributed by atoms with E-state index in [1.807, 2.05) is 6.92 Å². The van der Waals surface area contributed by atoms with Gasteiger partial charge < -0.3 is 15.2 Å². The van der Waals surface area contributed by atoms with Crippen molar-refractivity contribution in [3.05, 3.63) is 83.9 Å². The van der Waals surface area contributed by atoms with E-state index in [1.165, 1.54) is 25.1 Å². The zero-order valence-corrected chi connectivity index (χ0v) is 14.9. The minimum atomic E-state index is -1.87. The molecule has 0 saturated carbocycles. The first kappa shape index (κ1) is 18.5. The van der Waals surface area contributed by atoms with Crippen molar-refractivity contribution in [2.24, 2.45) is 0 Å². The summed E-state index contributed by atoms with van der Waals surface area (Å²) in [6.07, 6.45) is 3.26. The van der Waals surface area contributed by atoms with Crippen LogP contribution in [0.3, 0.4) is 0 Å². The third kappa shape index (κ3) is 4.30. The molecule has 2 aromatic carbocycles. The number of halogens is 1. The highest BCUT2D eigenvalue weighted by Crippen LogP contribution is 2.28. The number of hydrogen-bond acceptors (Lipinski definition) is 4. The van der Waals surface area contributed by atoms with Gasteiger partial charge in [-0.3, -0.25) is 9.78 Å². The molecule has 0 radical (unpaired) electrons. The number of hydrogen-bond donors (Lipinski definition) is 2. The molecule has 27 heavy (non-hydrogen) atoms. The van der Waals surface area contributed by atoms with Gasteiger partial charge in [0.25, 0.3) is 5.91 Å². The molecule has 138 valence electrons. The van der Waals surface area contributed by atoms with Gasteiger partial charge in [0, 0.05) is 11.9 Å². The first-order valence-corrected chi connectivity index (χ1v) is 8.34. The van der Waals surface area contributed by atoms with E-state index in [9.17, 15) is 14.3 Å². The van der Waals surface area contributed by atoms with Crippen LogP contribution in [0.15, 0.2) is 67.0 Å². The maximum absolute atomic E-state index is 13.4. The third-order valence-corrected chi connectivity index (χ3v) is 4.12. The summed E-state index contributed by atoms with van der Waals surface area (Å²) in [5.41, 5.74) is -0.413. The number of benzene rings is 2. The molecule has 5 nitrogen and oxygen atoms in total. The predicted molar refractivity (Wildman–Crippen MR) is 100 cm³/mol. The molecule has 0 bridgehead atoms. The van der Waals surface area contributed by atoms with E-state index >= 15 is 0 Å². The largest absolute Gasteiger partial charge is 0.455 e. The van der Waals surface area contributed by atoms with Gasteiger partial charge in [-0.2, -0.15) is 0 Å². The summed E-state index contributed by atoms with van der Waals surface area (Å²) in [4.78, 5) is 16.5. The van der Waals surface area contributed by atoms with E-state index in [-0.39, 0.29) is 5.56 Å². The van der Waals surface area contributed by atoms with E-state index < -0.39 is 17.3 Å². The number of carbonyl (C=O) groups is 1. The van der Waals surface area contributed by atoms with E-state index in [0.29, 0.717) is 17.2 Å². The highest BCUT2D eigenvalue weighted by Gasteiger charge is 2.32. The van der Waals surface area contributed by atoms with Crippen LogP contribution in [0.4, 0.5) is 10.1 Å². The van der Waals surface area contributed by atoms with Crippen LogP contribution in [0.5, 0.6) is 11.5 Å². The minimum absolute atomic E-state index is 0.174. The number of aliphatic hydroxyl groups is 1. The molecule has 1 atom stereocenters. The fourth-order valence-corrected chi connectivity index (χ4v) is 2.55. The van der Waals surface area contributed by atoms with Crippen LogP contribution in [0.2, 0.25) is 0 Å². The molecule has 0 aliphatic heterocycles. The highest BCUT2D eigenvalue weighted by atomic mass is 19.1. The summed E-state index contributed by atoms with van der Waals surface area (Å²) in [5.74, 6) is 0.0473. The lowest BCUT2D eigenvalue weighted by molar-refractivity contribution is -0.133. The number of aryl methyl sites for hydroxylation is 1. The van der Waals surface area contributed by atoms with Crippen molar-refractivity contribution < 1.29 is 19.0 Å². The van der Waals surface area contributed by atoms with Crippen LogP contribution in [0.1, 0.15) is 18.1 Å². The Bertz CT molecular complexity index is 959. The van der Waals surface area contributed by atoms with Gasteiger partial charge >= 0.3 is 0 Å². The molecule has 6 heteroatoms. The van der Waals surface area contributed by atoms with E-state index in [4.69, 9.17) is 4.74 Å². The van der Waals surface area contributed by atoms with Crippen LogP contribution in [0, 0.1) is 12.7 Å². The zero-order chi connectivity index (χ0) is 19.4. The molecule has 0 aliphatic rings. The first-order chi connectivity index (χ1) is 12.9. The van der Waals surface area contributed by atoms with Crippen molar-refractivity contribution in [1.82, 2.24) is 4.98 Å². The average Bonchev–Trinajstić information content (AvgIpc) is 2.65. The number of nitrogens with zero attached hydrogens (tertiary/aromatic N) is 1. The summed E-state index contributed by atoms with van der Waals surface area (Å²) in [6, 6.07) is 14.0. The number of amides is 1. The smallest absolute Gasteiger partial charge is 0.260 e. The molecule has 0 aliphatic carbocycles. The van der Waals surface area contributed by atoms with Gasteiger partial charge in [-0.05, 0) is 67.4 Å². The van der Waals surface area contributed by atoms with Gasteiger partial charge in [-0.15, -0.1) is 0 Å². The molecule has 1 amide bonds. The van der Waals surface area contributed by atoms with Gasteiger partial charge in [-0.1, -0.05) is 12.1 Å². The quantitative estimate of drug-likeness (QED) is 0.711. The Kier molecular flexibility index (Phi) is 5.19. The van der Waals surface area contributed by atoms with Crippen LogP contribution >= 0.6 is 0 Å². The summed E-state index contributed by atoms with van der Waals surface area (Å²) in [7, 11) is 0. The van der Waals surface area contributed by atoms with Gasteiger partial charge in [0.1, 0.15) is 17.3 Å². The number of carbonyl (C=O) groups excluding carboxylic acids is 1. The van der Waals surface area contributed by atoms with Crippen molar-refractivity contribution in [2.45, 2.75) is 19.4 Å². The molecule has 3 rings (SSSR count). The molecule has 1 aromatic heterocycles. The van der Waals surface area contributed by atoms with Crippen molar-refractivity contribution in [2.75, 3.05) is 5.32 Å². The number of anilines is 1. The Morgan fingerprint density at radius 3 is 2.67 bits per heavy atom. The number of nitrogens with one attached hydrogen (secondary N) is 1. The summed E-state index contributed by atoms with van der Waals surface area (Å²) >= 11 is 0. The summed E-state index contributed by atoms with van der Waals surface area (Å²) in [5, 5.41) is 13.2.